The van der Waals surface area contributed by atoms with Crippen molar-refractivity contribution in [2.24, 2.45) is 11.7 Å². The third-order valence-electron chi connectivity index (χ3n) is 2.93. The van der Waals surface area contributed by atoms with Gasteiger partial charge in [0, 0.05) is 0 Å². The number of nitrogens with one attached hydrogen (secondary N) is 1. The van der Waals surface area contributed by atoms with E-state index in [1.54, 1.807) is 0 Å². The number of alkyl halides is 3. The van der Waals surface area contributed by atoms with E-state index in [9.17, 15) is 13.2 Å². The van der Waals surface area contributed by atoms with E-state index in [0.717, 1.165) is 6.42 Å². The summed E-state index contributed by atoms with van der Waals surface area (Å²) in [5, 5.41) is 2.61. The van der Waals surface area contributed by atoms with Crippen molar-refractivity contribution in [3.8, 4) is 0 Å². The molecule has 0 saturated heterocycles. The van der Waals surface area contributed by atoms with Gasteiger partial charge in [0.2, 0.25) is 0 Å². The minimum Gasteiger partial charge on any atom is -0.330 e. The van der Waals surface area contributed by atoms with Crippen molar-refractivity contribution >= 4 is 0 Å². The van der Waals surface area contributed by atoms with Crippen LogP contribution in [0.1, 0.15) is 26.2 Å². The SMILES string of the molecule is CCC(CN)CNC1(C(F)(F)F)CC1. The van der Waals surface area contributed by atoms with Crippen molar-refractivity contribution in [2.45, 2.75) is 37.9 Å². The summed E-state index contributed by atoms with van der Waals surface area (Å²) >= 11 is 0. The Morgan fingerprint density at radius 2 is 2.00 bits per heavy atom. The molecule has 14 heavy (non-hydrogen) atoms. The van der Waals surface area contributed by atoms with Gasteiger partial charge in [-0.05, 0) is 31.8 Å². The van der Waals surface area contributed by atoms with Gasteiger partial charge in [0.1, 0.15) is 5.54 Å². The van der Waals surface area contributed by atoms with Gasteiger partial charge in [-0.25, -0.2) is 0 Å². The number of halogens is 3. The van der Waals surface area contributed by atoms with Crippen LogP contribution in [0.15, 0.2) is 0 Å². The summed E-state index contributed by atoms with van der Waals surface area (Å²) in [4.78, 5) is 0. The molecule has 0 spiro atoms. The summed E-state index contributed by atoms with van der Waals surface area (Å²) in [5.74, 6) is 0.148. The fraction of sp³-hybridized carbons (Fsp3) is 1.00. The van der Waals surface area contributed by atoms with Gasteiger partial charge in [-0.1, -0.05) is 13.3 Å². The molecule has 84 valence electrons. The van der Waals surface area contributed by atoms with Gasteiger partial charge in [0.15, 0.2) is 0 Å². The van der Waals surface area contributed by atoms with Crippen molar-refractivity contribution in [1.29, 1.82) is 0 Å². The van der Waals surface area contributed by atoms with Gasteiger partial charge in [-0.2, -0.15) is 13.2 Å². The monoisotopic (exact) mass is 210 g/mol. The number of nitrogens with two attached hydrogens (primary N) is 1. The second kappa shape index (κ2) is 4.06. The molecular formula is C9H17F3N2. The molecule has 1 unspecified atom stereocenters. The average molecular weight is 210 g/mol. The van der Waals surface area contributed by atoms with E-state index in [1.807, 2.05) is 6.92 Å². The molecule has 0 amide bonds. The predicted molar refractivity (Wildman–Crippen MR) is 48.9 cm³/mol. The van der Waals surface area contributed by atoms with Gasteiger partial charge in [-0.3, -0.25) is 0 Å². The number of hydrogen-bond donors (Lipinski definition) is 2. The Bertz CT molecular complexity index is 183. The molecule has 1 rings (SSSR count). The maximum atomic E-state index is 12.5. The molecule has 0 aromatic carbocycles. The molecular weight excluding hydrogens is 193 g/mol. The second-order valence-corrected chi connectivity index (χ2v) is 3.97. The molecule has 0 aromatic heterocycles. The zero-order chi connectivity index (χ0) is 10.8. The first kappa shape index (κ1) is 11.8. The lowest BCUT2D eigenvalue weighted by atomic mass is 10.1. The fourth-order valence-electron chi connectivity index (χ4n) is 1.42. The topological polar surface area (TPSA) is 38.0 Å². The van der Waals surface area contributed by atoms with E-state index in [4.69, 9.17) is 5.73 Å². The zero-order valence-corrected chi connectivity index (χ0v) is 8.32. The summed E-state index contributed by atoms with van der Waals surface area (Å²) in [5.41, 5.74) is 3.83. The first-order chi connectivity index (χ1) is 6.45. The number of rotatable bonds is 5. The second-order valence-electron chi connectivity index (χ2n) is 3.97. The molecule has 0 heterocycles. The maximum absolute atomic E-state index is 12.5. The highest BCUT2D eigenvalue weighted by atomic mass is 19.4. The van der Waals surface area contributed by atoms with Gasteiger partial charge < -0.3 is 11.1 Å². The molecule has 1 saturated carbocycles. The minimum absolute atomic E-state index is 0.148. The van der Waals surface area contributed by atoms with Crippen molar-refractivity contribution in [1.82, 2.24) is 5.32 Å². The van der Waals surface area contributed by atoms with Crippen LogP contribution in [0.2, 0.25) is 0 Å². The molecule has 3 N–H and O–H groups in total. The molecule has 2 nitrogen and oxygen atoms in total. The molecule has 1 aliphatic carbocycles. The van der Waals surface area contributed by atoms with E-state index in [-0.39, 0.29) is 18.8 Å². The van der Waals surface area contributed by atoms with Gasteiger partial charge in [0.25, 0.3) is 0 Å². The van der Waals surface area contributed by atoms with Crippen LogP contribution in [0.4, 0.5) is 13.2 Å². The van der Waals surface area contributed by atoms with Gasteiger partial charge in [-0.15, -0.1) is 0 Å². The van der Waals surface area contributed by atoms with Crippen molar-refractivity contribution in [3.05, 3.63) is 0 Å². The van der Waals surface area contributed by atoms with E-state index in [1.165, 1.54) is 0 Å². The Hall–Kier alpha value is -0.290. The molecule has 0 aliphatic heterocycles. The lowest BCUT2D eigenvalue weighted by Gasteiger charge is -2.23. The summed E-state index contributed by atoms with van der Waals surface area (Å²) in [6.07, 6.45) is -2.88. The zero-order valence-electron chi connectivity index (χ0n) is 8.32. The first-order valence-electron chi connectivity index (χ1n) is 4.97. The predicted octanol–water partition coefficient (Wildman–Crippen LogP) is 1.66. The minimum atomic E-state index is -4.11. The average Bonchev–Trinajstić information content (AvgIpc) is 2.86. The summed E-state index contributed by atoms with van der Waals surface area (Å²) in [6, 6.07) is 0. The van der Waals surface area contributed by atoms with E-state index in [2.05, 4.69) is 5.32 Å². The van der Waals surface area contributed by atoms with Crippen LogP contribution < -0.4 is 11.1 Å². The fourth-order valence-corrected chi connectivity index (χ4v) is 1.42. The van der Waals surface area contributed by atoms with Crippen LogP contribution in [-0.2, 0) is 0 Å². The van der Waals surface area contributed by atoms with Gasteiger partial charge >= 0.3 is 6.18 Å². The molecule has 0 aromatic rings. The van der Waals surface area contributed by atoms with Crippen molar-refractivity contribution in [2.75, 3.05) is 13.1 Å². The van der Waals surface area contributed by atoms with Crippen LogP contribution >= 0.6 is 0 Å². The molecule has 0 bridgehead atoms. The van der Waals surface area contributed by atoms with Gasteiger partial charge in [0.05, 0.1) is 0 Å². The largest absolute Gasteiger partial charge is 0.406 e. The Morgan fingerprint density at radius 1 is 1.43 bits per heavy atom. The Kier molecular flexibility index (Phi) is 3.42. The summed E-state index contributed by atoms with van der Waals surface area (Å²) < 4.78 is 37.4. The maximum Gasteiger partial charge on any atom is 0.406 e. The van der Waals surface area contributed by atoms with Crippen LogP contribution in [0.25, 0.3) is 0 Å². The van der Waals surface area contributed by atoms with E-state index < -0.39 is 11.7 Å². The molecule has 1 atom stereocenters. The Morgan fingerprint density at radius 3 is 2.29 bits per heavy atom. The normalized spacial score (nSPS) is 22.1. The quantitative estimate of drug-likeness (QED) is 0.724. The van der Waals surface area contributed by atoms with E-state index in [0.29, 0.717) is 13.1 Å². The lowest BCUT2D eigenvalue weighted by Crippen LogP contribution is -2.47. The van der Waals surface area contributed by atoms with E-state index >= 15 is 0 Å². The van der Waals surface area contributed by atoms with Crippen molar-refractivity contribution < 1.29 is 13.2 Å². The van der Waals surface area contributed by atoms with Crippen molar-refractivity contribution in [3.63, 3.8) is 0 Å². The smallest absolute Gasteiger partial charge is 0.330 e. The third-order valence-corrected chi connectivity index (χ3v) is 2.93. The Balaban J connectivity index is 2.38. The van der Waals surface area contributed by atoms with Crippen LogP contribution in [0.3, 0.4) is 0 Å². The standard InChI is InChI=1S/C9H17F3N2/c1-2-7(5-13)6-14-8(3-4-8)9(10,11)12/h7,14H,2-6,13H2,1H3. The molecule has 0 radical (unpaired) electrons. The highest BCUT2D eigenvalue weighted by Crippen LogP contribution is 2.48. The highest BCUT2D eigenvalue weighted by molar-refractivity contribution is 5.07. The summed E-state index contributed by atoms with van der Waals surface area (Å²) in [6.45, 7) is 2.75. The molecule has 1 aliphatic rings. The van der Waals surface area contributed by atoms with Crippen LogP contribution in [0.5, 0.6) is 0 Å². The van der Waals surface area contributed by atoms with Crippen LogP contribution in [0, 0.1) is 5.92 Å². The molecule has 5 heteroatoms. The Labute approximate surface area is 82.0 Å². The highest BCUT2D eigenvalue weighted by Gasteiger charge is 2.62. The van der Waals surface area contributed by atoms with Crippen LogP contribution in [-0.4, -0.2) is 24.8 Å². The number of hydrogen-bond acceptors (Lipinski definition) is 2. The summed E-state index contributed by atoms with van der Waals surface area (Å²) in [7, 11) is 0. The third kappa shape index (κ3) is 2.39. The molecule has 1 fully saturated rings. The first-order valence-corrected chi connectivity index (χ1v) is 4.97. The lowest BCUT2D eigenvalue weighted by molar-refractivity contribution is -0.166.